The Morgan fingerprint density at radius 3 is 2.68 bits per heavy atom. The number of carbonyl (C=O) groups is 1. The number of fused-ring (bicyclic) bond motifs is 1. The van der Waals surface area contributed by atoms with E-state index in [0.717, 1.165) is 12.7 Å². The number of Topliss-reactive ketones (excluding diaryl/α,β-unsaturated/α-hetero) is 1. The third-order valence-corrected chi connectivity index (χ3v) is 4.30. The van der Waals surface area contributed by atoms with Crippen molar-refractivity contribution >= 4 is 21.5 Å². The predicted molar refractivity (Wildman–Crippen MR) is 73.3 cm³/mol. The van der Waals surface area contributed by atoms with E-state index in [1.54, 1.807) is 18.2 Å². The van der Waals surface area contributed by atoms with Crippen LogP contribution in [0.25, 0.3) is 0 Å². The van der Waals surface area contributed by atoms with Crippen molar-refractivity contribution in [2.45, 2.75) is 26.4 Å². The number of nitrogens with zero attached hydrogens (tertiary/aromatic N) is 1. The van der Waals surface area contributed by atoms with Gasteiger partial charge in [0.15, 0.2) is 5.78 Å². The van der Waals surface area contributed by atoms with Crippen LogP contribution in [0.1, 0.15) is 30.6 Å². The Labute approximate surface area is 113 Å². The maximum Gasteiger partial charge on any atom is 0.232 e. The van der Waals surface area contributed by atoms with Gasteiger partial charge < -0.3 is 4.74 Å². The van der Waals surface area contributed by atoms with E-state index in [1.807, 2.05) is 6.92 Å². The highest BCUT2D eigenvalue weighted by Crippen LogP contribution is 2.36. The van der Waals surface area contributed by atoms with Gasteiger partial charge in [0.05, 0.1) is 18.5 Å². The summed E-state index contributed by atoms with van der Waals surface area (Å²) >= 11 is 0. The van der Waals surface area contributed by atoms with Gasteiger partial charge >= 0.3 is 0 Å². The average molecular weight is 283 g/mol. The highest BCUT2D eigenvalue weighted by atomic mass is 32.2. The smallest absolute Gasteiger partial charge is 0.232 e. The maximum atomic E-state index is 11.9. The van der Waals surface area contributed by atoms with E-state index in [1.165, 1.54) is 11.2 Å². The molecule has 19 heavy (non-hydrogen) atoms. The lowest BCUT2D eigenvalue weighted by Gasteiger charge is -2.34. The normalized spacial score (nSPS) is 18.7. The number of carbonyl (C=O) groups excluding carboxylic acids is 1. The van der Waals surface area contributed by atoms with Crippen molar-refractivity contribution in [1.82, 2.24) is 0 Å². The number of ether oxygens (including phenoxy) is 1. The van der Waals surface area contributed by atoms with Gasteiger partial charge in [-0.1, -0.05) is 6.92 Å². The monoisotopic (exact) mass is 283 g/mol. The van der Waals surface area contributed by atoms with Crippen molar-refractivity contribution in [1.29, 1.82) is 0 Å². The highest BCUT2D eigenvalue weighted by molar-refractivity contribution is 7.92. The molecule has 0 aromatic heterocycles. The van der Waals surface area contributed by atoms with Crippen LogP contribution < -0.4 is 9.04 Å². The van der Waals surface area contributed by atoms with Gasteiger partial charge in [0.25, 0.3) is 0 Å². The van der Waals surface area contributed by atoms with Crippen LogP contribution in [-0.2, 0) is 10.0 Å². The second-order valence-corrected chi connectivity index (χ2v) is 6.59. The van der Waals surface area contributed by atoms with Gasteiger partial charge in [-0.25, -0.2) is 8.42 Å². The second-order valence-electron chi connectivity index (χ2n) is 4.68. The zero-order chi connectivity index (χ0) is 14.2. The van der Waals surface area contributed by atoms with E-state index in [9.17, 15) is 13.2 Å². The number of benzene rings is 1. The molecule has 0 N–H and O–H groups in total. The molecule has 1 unspecified atom stereocenters. The van der Waals surface area contributed by atoms with Crippen LogP contribution in [0.4, 0.5) is 5.69 Å². The van der Waals surface area contributed by atoms with Crippen LogP contribution in [0.15, 0.2) is 18.2 Å². The molecule has 1 aromatic carbocycles. The Morgan fingerprint density at radius 1 is 1.47 bits per heavy atom. The minimum Gasteiger partial charge on any atom is -0.486 e. The first kappa shape index (κ1) is 13.9. The van der Waals surface area contributed by atoms with E-state index < -0.39 is 10.0 Å². The van der Waals surface area contributed by atoms with Gasteiger partial charge in [-0.05, 0) is 31.5 Å². The molecule has 1 aliphatic rings. The third kappa shape index (κ3) is 2.73. The summed E-state index contributed by atoms with van der Waals surface area (Å²) in [5, 5.41) is 0. The molecule has 1 aliphatic heterocycles. The molecule has 104 valence electrons. The molecule has 1 aromatic rings. The van der Waals surface area contributed by atoms with Crippen LogP contribution in [-0.4, -0.2) is 33.1 Å². The Kier molecular flexibility index (Phi) is 3.54. The molecule has 5 nitrogen and oxygen atoms in total. The van der Waals surface area contributed by atoms with Crippen molar-refractivity contribution in [3.63, 3.8) is 0 Å². The zero-order valence-corrected chi connectivity index (χ0v) is 12.0. The summed E-state index contributed by atoms with van der Waals surface area (Å²) in [4.78, 5) is 11.4. The zero-order valence-electron chi connectivity index (χ0n) is 11.2. The van der Waals surface area contributed by atoms with Crippen LogP contribution >= 0.6 is 0 Å². The van der Waals surface area contributed by atoms with E-state index in [0.29, 0.717) is 17.0 Å². The number of anilines is 1. The number of hydrogen-bond donors (Lipinski definition) is 0. The second kappa shape index (κ2) is 4.85. The van der Waals surface area contributed by atoms with Crippen LogP contribution in [0, 0.1) is 0 Å². The minimum absolute atomic E-state index is 0.103. The molecule has 0 bridgehead atoms. The van der Waals surface area contributed by atoms with Crippen molar-refractivity contribution in [2.75, 3.05) is 17.1 Å². The summed E-state index contributed by atoms with van der Waals surface area (Å²) in [6, 6.07) is 4.89. The predicted octanol–water partition coefficient (Wildman–Crippen LogP) is 1.83. The first-order valence-electron chi connectivity index (χ1n) is 6.12. The first-order chi connectivity index (χ1) is 8.82. The third-order valence-electron chi connectivity index (χ3n) is 3.15. The van der Waals surface area contributed by atoms with Crippen LogP contribution in [0.3, 0.4) is 0 Å². The van der Waals surface area contributed by atoms with Crippen molar-refractivity contribution in [3.8, 4) is 5.75 Å². The topological polar surface area (TPSA) is 63.7 Å². The molecule has 0 fully saturated rings. The van der Waals surface area contributed by atoms with Gasteiger partial charge in [0.1, 0.15) is 11.9 Å². The lowest BCUT2D eigenvalue weighted by atomic mass is 10.1. The minimum atomic E-state index is -3.38. The fraction of sp³-hybridized carbons (Fsp3) is 0.462. The summed E-state index contributed by atoms with van der Waals surface area (Å²) in [6.45, 7) is 3.68. The average Bonchev–Trinajstić information content (AvgIpc) is 2.35. The van der Waals surface area contributed by atoms with E-state index in [-0.39, 0.29) is 18.4 Å². The fourth-order valence-corrected chi connectivity index (χ4v) is 2.99. The molecular weight excluding hydrogens is 266 g/mol. The number of rotatable bonds is 3. The molecule has 1 heterocycles. The molecule has 0 amide bonds. The molecule has 0 radical (unpaired) electrons. The summed E-state index contributed by atoms with van der Waals surface area (Å²) in [5.74, 6) is 0.405. The Hall–Kier alpha value is -1.56. The Bertz CT molecular complexity index is 609. The SMILES string of the molecule is CCC1CN(S(C)(=O)=O)c2cc(C(C)=O)ccc2O1. The molecule has 0 aliphatic carbocycles. The Balaban J connectivity index is 2.55. The summed E-state index contributed by atoms with van der Waals surface area (Å²) in [6.07, 6.45) is 1.72. The van der Waals surface area contributed by atoms with E-state index >= 15 is 0 Å². The van der Waals surface area contributed by atoms with Crippen LogP contribution in [0.5, 0.6) is 5.75 Å². The van der Waals surface area contributed by atoms with Gasteiger partial charge in [-0.3, -0.25) is 9.10 Å². The molecule has 0 saturated carbocycles. The van der Waals surface area contributed by atoms with Gasteiger partial charge in [-0.15, -0.1) is 0 Å². The van der Waals surface area contributed by atoms with Gasteiger partial charge in [0.2, 0.25) is 10.0 Å². The molecular formula is C13H17NO4S. The molecule has 6 heteroatoms. The summed E-state index contributed by atoms with van der Waals surface area (Å²) in [7, 11) is -3.38. The maximum absolute atomic E-state index is 11.9. The molecule has 1 atom stereocenters. The lowest BCUT2D eigenvalue weighted by Crippen LogP contribution is -2.42. The fourth-order valence-electron chi connectivity index (χ4n) is 2.06. The van der Waals surface area contributed by atoms with Crippen molar-refractivity contribution in [3.05, 3.63) is 23.8 Å². The van der Waals surface area contributed by atoms with Crippen molar-refractivity contribution in [2.24, 2.45) is 0 Å². The largest absolute Gasteiger partial charge is 0.486 e. The van der Waals surface area contributed by atoms with Gasteiger partial charge in [0, 0.05) is 5.56 Å². The number of sulfonamides is 1. The standard InChI is InChI=1S/C13H17NO4S/c1-4-11-8-14(19(3,16)17)12-7-10(9(2)15)5-6-13(12)18-11/h5-7,11H,4,8H2,1-3H3. The van der Waals surface area contributed by atoms with Crippen LogP contribution in [0.2, 0.25) is 0 Å². The summed E-state index contributed by atoms with van der Waals surface area (Å²) in [5.41, 5.74) is 0.922. The number of ketones is 1. The first-order valence-corrected chi connectivity index (χ1v) is 7.97. The quantitative estimate of drug-likeness (QED) is 0.794. The van der Waals surface area contributed by atoms with E-state index in [4.69, 9.17) is 4.74 Å². The molecule has 0 spiro atoms. The van der Waals surface area contributed by atoms with Gasteiger partial charge in [-0.2, -0.15) is 0 Å². The molecule has 2 rings (SSSR count). The summed E-state index contributed by atoms with van der Waals surface area (Å²) < 4.78 is 30.8. The molecule has 0 saturated heterocycles. The van der Waals surface area contributed by atoms with Crippen molar-refractivity contribution < 1.29 is 17.9 Å². The Morgan fingerprint density at radius 2 is 2.16 bits per heavy atom. The highest BCUT2D eigenvalue weighted by Gasteiger charge is 2.30. The lowest BCUT2D eigenvalue weighted by molar-refractivity contribution is 0.101. The number of hydrogen-bond acceptors (Lipinski definition) is 4. The van der Waals surface area contributed by atoms with E-state index in [2.05, 4.69) is 0 Å².